The Morgan fingerprint density at radius 1 is 1.24 bits per heavy atom. The van der Waals surface area contributed by atoms with Crippen molar-refractivity contribution in [3.63, 3.8) is 0 Å². The smallest absolute Gasteiger partial charge is 0.408 e. The van der Waals surface area contributed by atoms with Gasteiger partial charge < -0.3 is 15.0 Å². The summed E-state index contributed by atoms with van der Waals surface area (Å²) < 4.78 is 5.23. The van der Waals surface area contributed by atoms with Gasteiger partial charge in [0.2, 0.25) is 5.91 Å². The van der Waals surface area contributed by atoms with Crippen molar-refractivity contribution >= 4 is 12.0 Å². The molecule has 0 aromatic carbocycles. The number of carbonyl (C=O) groups is 2. The van der Waals surface area contributed by atoms with E-state index in [9.17, 15) is 14.5 Å². The predicted molar refractivity (Wildman–Crippen MR) is 91.7 cm³/mol. The van der Waals surface area contributed by atoms with Crippen molar-refractivity contribution < 1.29 is 14.3 Å². The van der Waals surface area contributed by atoms with Crippen molar-refractivity contribution in [1.82, 2.24) is 15.2 Å². The summed E-state index contributed by atoms with van der Waals surface area (Å²) in [5.41, 5.74) is -0.204. The van der Waals surface area contributed by atoms with Gasteiger partial charge in [0.05, 0.1) is 0 Å². The summed E-state index contributed by atoms with van der Waals surface area (Å²) in [5.74, 6) is -0.329. The molecule has 8 heteroatoms. The minimum Gasteiger partial charge on any atom is -0.444 e. The average molecular weight is 348 g/mol. The van der Waals surface area contributed by atoms with Crippen LogP contribution in [0, 0.1) is 4.91 Å². The van der Waals surface area contributed by atoms with Crippen LogP contribution < -0.4 is 5.32 Å². The molecule has 0 saturated carbocycles. The molecule has 0 bridgehead atoms. The van der Waals surface area contributed by atoms with Gasteiger partial charge in [-0.05, 0) is 51.3 Å². The molecule has 2 rings (SSSR count). The lowest BCUT2D eigenvalue weighted by atomic mass is 10.00. The summed E-state index contributed by atoms with van der Waals surface area (Å²) in [6.45, 7) is 6.38. The first kappa shape index (κ1) is 18.8. The highest BCUT2D eigenvalue weighted by molar-refractivity contribution is 5.87. The Balaban J connectivity index is 2.25. The normalized spacial score (nSPS) is 16.8. The van der Waals surface area contributed by atoms with E-state index in [2.05, 4.69) is 15.5 Å². The molecule has 1 aromatic heterocycles. The summed E-state index contributed by atoms with van der Waals surface area (Å²) in [6.07, 6.45) is 4.07. The molecule has 2 unspecified atom stereocenters. The van der Waals surface area contributed by atoms with Gasteiger partial charge in [0.25, 0.3) is 0 Å². The van der Waals surface area contributed by atoms with Gasteiger partial charge in [-0.15, -0.1) is 0 Å². The first-order chi connectivity index (χ1) is 11.8. The second-order valence-corrected chi connectivity index (χ2v) is 6.99. The fourth-order valence-electron chi connectivity index (χ4n) is 2.72. The number of rotatable bonds is 5. The molecule has 1 aliphatic rings. The highest BCUT2D eigenvalue weighted by Gasteiger charge is 2.37. The molecule has 1 aromatic rings. The molecule has 136 valence electrons. The molecular weight excluding hydrogens is 324 g/mol. The SMILES string of the molecule is CC(C)(C)OC(=O)NC(C(=O)N1CCCC1)C(N=O)c1ccncc1. The van der Waals surface area contributed by atoms with Gasteiger partial charge in [0.1, 0.15) is 17.7 Å². The van der Waals surface area contributed by atoms with Crippen molar-refractivity contribution in [1.29, 1.82) is 0 Å². The van der Waals surface area contributed by atoms with E-state index in [1.54, 1.807) is 37.8 Å². The van der Waals surface area contributed by atoms with E-state index in [0.717, 1.165) is 12.8 Å². The number of nitrogens with zero attached hydrogens (tertiary/aromatic N) is 3. The predicted octanol–water partition coefficient (Wildman–Crippen LogP) is 2.40. The zero-order chi connectivity index (χ0) is 18.4. The van der Waals surface area contributed by atoms with Crippen LogP contribution in [0.3, 0.4) is 0 Å². The third-order valence-electron chi connectivity index (χ3n) is 3.83. The fraction of sp³-hybridized carbons (Fsp3) is 0.588. The van der Waals surface area contributed by atoms with Crippen LogP contribution in [-0.2, 0) is 9.53 Å². The number of hydrogen-bond donors (Lipinski definition) is 1. The maximum Gasteiger partial charge on any atom is 0.408 e. The van der Waals surface area contributed by atoms with Crippen molar-refractivity contribution in [2.24, 2.45) is 5.18 Å². The van der Waals surface area contributed by atoms with E-state index in [1.807, 2.05) is 0 Å². The second-order valence-electron chi connectivity index (χ2n) is 6.99. The third kappa shape index (κ3) is 5.23. The second kappa shape index (κ2) is 8.04. The maximum atomic E-state index is 12.9. The number of alkyl carbamates (subject to hydrolysis) is 1. The van der Waals surface area contributed by atoms with E-state index < -0.39 is 23.8 Å². The van der Waals surface area contributed by atoms with Crippen LogP contribution in [0.2, 0.25) is 0 Å². The molecule has 2 amide bonds. The summed E-state index contributed by atoms with van der Waals surface area (Å²) in [7, 11) is 0. The van der Waals surface area contributed by atoms with Crippen molar-refractivity contribution in [2.45, 2.75) is 51.3 Å². The summed E-state index contributed by atoms with van der Waals surface area (Å²) in [5, 5.41) is 5.64. The highest BCUT2D eigenvalue weighted by Crippen LogP contribution is 2.24. The maximum absolute atomic E-state index is 12.9. The third-order valence-corrected chi connectivity index (χ3v) is 3.83. The van der Waals surface area contributed by atoms with Gasteiger partial charge in [0.15, 0.2) is 0 Å². The summed E-state index contributed by atoms with van der Waals surface area (Å²) in [6, 6.07) is 1.04. The van der Waals surface area contributed by atoms with Gasteiger partial charge >= 0.3 is 6.09 Å². The molecule has 25 heavy (non-hydrogen) atoms. The zero-order valence-electron chi connectivity index (χ0n) is 14.8. The van der Waals surface area contributed by atoms with Gasteiger partial charge in [-0.2, -0.15) is 4.91 Å². The van der Waals surface area contributed by atoms with Crippen LogP contribution in [0.15, 0.2) is 29.7 Å². The first-order valence-electron chi connectivity index (χ1n) is 8.32. The standard InChI is InChI=1S/C17H24N4O4/c1-17(2,3)25-16(23)19-14(15(22)21-10-4-5-11-21)13(20-24)12-6-8-18-9-7-12/h6-9,13-14H,4-5,10-11H2,1-3H3,(H,19,23). The van der Waals surface area contributed by atoms with E-state index in [-0.39, 0.29) is 5.91 Å². The monoisotopic (exact) mass is 348 g/mol. The Morgan fingerprint density at radius 3 is 2.36 bits per heavy atom. The van der Waals surface area contributed by atoms with Crippen molar-refractivity contribution in [2.75, 3.05) is 13.1 Å². The number of aromatic nitrogens is 1. The first-order valence-corrected chi connectivity index (χ1v) is 8.32. The average Bonchev–Trinajstić information content (AvgIpc) is 3.07. The van der Waals surface area contributed by atoms with E-state index >= 15 is 0 Å². The van der Waals surface area contributed by atoms with Crippen LogP contribution >= 0.6 is 0 Å². The molecule has 8 nitrogen and oxygen atoms in total. The number of likely N-dealkylation sites (tertiary alicyclic amines) is 1. The minimum absolute atomic E-state index is 0.329. The molecular formula is C17H24N4O4. The molecule has 1 N–H and O–H groups in total. The molecule has 1 saturated heterocycles. The van der Waals surface area contributed by atoms with Gasteiger partial charge in [-0.25, -0.2) is 4.79 Å². The van der Waals surface area contributed by atoms with Crippen LogP contribution in [0.4, 0.5) is 4.79 Å². The van der Waals surface area contributed by atoms with Crippen LogP contribution in [0.1, 0.15) is 45.2 Å². The minimum atomic E-state index is -1.12. The lowest BCUT2D eigenvalue weighted by Crippen LogP contribution is -2.51. The van der Waals surface area contributed by atoms with Crippen molar-refractivity contribution in [3.05, 3.63) is 35.0 Å². The van der Waals surface area contributed by atoms with Gasteiger partial charge in [0, 0.05) is 25.5 Å². The number of nitrogens with one attached hydrogen (secondary N) is 1. The molecule has 0 radical (unpaired) electrons. The number of carbonyl (C=O) groups excluding carboxylic acids is 2. The molecule has 2 heterocycles. The number of ether oxygens (including phenoxy) is 1. The lowest BCUT2D eigenvalue weighted by Gasteiger charge is -2.28. The lowest BCUT2D eigenvalue weighted by molar-refractivity contribution is -0.133. The molecule has 1 fully saturated rings. The number of hydrogen-bond acceptors (Lipinski definition) is 6. The highest BCUT2D eigenvalue weighted by atomic mass is 16.6. The molecule has 2 atom stereocenters. The molecule has 0 aliphatic carbocycles. The molecule has 0 spiro atoms. The van der Waals surface area contributed by atoms with Gasteiger partial charge in [-0.1, -0.05) is 5.18 Å². The van der Waals surface area contributed by atoms with Crippen LogP contribution in [0.5, 0.6) is 0 Å². The van der Waals surface area contributed by atoms with Gasteiger partial charge in [-0.3, -0.25) is 9.78 Å². The van der Waals surface area contributed by atoms with E-state index in [0.29, 0.717) is 18.7 Å². The Morgan fingerprint density at radius 2 is 1.84 bits per heavy atom. The number of pyridine rings is 1. The summed E-state index contributed by atoms with van der Waals surface area (Å²) in [4.78, 5) is 42.1. The molecule has 1 aliphatic heterocycles. The topological polar surface area (TPSA) is 101 Å². The largest absolute Gasteiger partial charge is 0.444 e. The fourth-order valence-corrected chi connectivity index (χ4v) is 2.72. The van der Waals surface area contributed by atoms with Crippen molar-refractivity contribution in [3.8, 4) is 0 Å². The van der Waals surface area contributed by atoms with E-state index in [1.165, 1.54) is 12.4 Å². The Labute approximate surface area is 146 Å². The van der Waals surface area contributed by atoms with Crippen LogP contribution in [-0.4, -0.2) is 46.6 Å². The Kier molecular flexibility index (Phi) is 6.06. The van der Waals surface area contributed by atoms with Crippen LogP contribution in [0.25, 0.3) is 0 Å². The Bertz CT molecular complexity index is 609. The quantitative estimate of drug-likeness (QED) is 0.824. The zero-order valence-corrected chi connectivity index (χ0v) is 14.8. The summed E-state index contributed by atoms with van der Waals surface area (Å²) >= 11 is 0. The Hall–Kier alpha value is -2.51. The number of amides is 2. The number of nitroso groups, excluding NO2 is 1. The van der Waals surface area contributed by atoms with E-state index in [4.69, 9.17) is 4.74 Å².